The van der Waals surface area contributed by atoms with Crippen molar-refractivity contribution < 1.29 is 5.11 Å². The molecule has 70 valence electrons. The fraction of sp³-hybridized carbons (Fsp3) is 0.200. The molecule has 0 atom stereocenters. The molecule has 3 heteroatoms. The zero-order chi connectivity index (χ0) is 9.68. The van der Waals surface area contributed by atoms with Crippen LogP contribution in [0.4, 0.5) is 5.69 Å². The number of phenols is 1. The van der Waals surface area contributed by atoms with E-state index >= 15 is 0 Å². The minimum absolute atomic E-state index is 0.198. The van der Waals surface area contributed by atoms with Crippen LogP contribution < -0.4 is 5.73 Å². The quantitative estimate of drug-likeness (QED) is 0.512. The van der Waals surface area contributed by atoms with Gasteiger partial charge in [0, 0.05) is 11.8 Å². The Morgan fingerprint density at radius 3 is 2.85 bits per heavy atom. The maximum Gasteiger partial charge on any atom is 0.117 e. The smallest absolute Gasteiger partial charge is 0.117 e. The third-order valence-corrected chi connectivity index (χ3v) is 1.92. The second-order valence-electron chi connectivity index (χ2n) is 2.73. The number of nitrogen functional groups attached to an aromatic ring is 1. The van der Waals surface area contributed by atoms with E-state index in [-0.39, 0.29) is 5.75 Å². The van der Waals surface area contributed by atoms with E-state index in [4.69, 9.17) is 10.8 Å². The number of phenolic OH excluding ortho intramolecular Hbond substituents is 1. The molecule has 0 aliphatic rings. The normalized spacial score (nSPS) is 10.8. The zero-order valence-electron chi connectivity index (χ0n) is 7.27. The Morgan fingerprint density at radius 1 is 1.46 bits per heavy atom. The number of thiol groups is 1. The summed E-state index contributed by atoms with van der Waals surface area (Å²) in [6.07, 6.45) is 4.87. The first kappa shape index (κ1) is 9.99. The van der Waals surface area contributed by atoms with Gasteiger partial charge in [0.25, 0.3) is 0 Å². The lowest BCUT2D eigenvalue weighted by molar-refractivity contribution is 0.475. The largest absolute Gasteiger partial charge is 0.508 e. The van der Waals surface area contributed by atoms with E-state index in [1.54, 1.807) is 18.2 Å². The average molecular weight is 195 g/mol. The molecule has 0 unspecified atom stereocenters. The Hall–Kier alpha value is -1.09. The number of aromatic hydroxyl groups is 1. The Bertz CT molecular complexity index is 310. The molecule has 13 heavy (non-hydrogen) atoms. The minimum Gasteiger partial charge on any atom is -0.508 e. The van der Waals surface area contributed by atoms with Gasteiger partial charge in [0.15, 0.2) is 0 Å². The molecular weight excluding hydrogens is 182 g/mol. The maximum absolute atomic E-state index is 9.09. The Morgan fingerprint density at radius 2 is 2.23 bits per heavy atom. The van der Waals surface area contributed by atoms with Crippen LogP contribution >= 0.6 is 12.6 Å². The number of hydrogen-bond donors (Lipinski definition) is 3. The lowest BCUT2D eigenvalue weighted by Gasteiger charge is -2.00. The predicted molar refractivity (Wildman–Crippen MR) is 60.0 cm³/mol. The minimum atomic E-state index is 0.198. The maximum atomic E-state index is 9.09. The van der Waals surface area contributed by atoms with Crippen LogP contribution in [-0.2, 0) is 0 Å². The molecule has 0 fully saturated rings. The van der Waals surface area contributed by atoms with Crippen LogP contribution in [-0.4, -0.2) is 10.9 Å². The highest BCUT2D eigenvalue weighted by molar-refractivity contribution is 7.80. The molecule has 1 aromatic rings. The van der Waals surface area contributed by atoms with E-state index in [9.17, 15) is 0 Å². The Kier molecular flexibility index (Phi) is 3.71. The molecule has 0 saturated heterocycles. The molecule has 0 aromatic heterocycles. The van der Waals surface area contributed by atoms with Crippen molar-refractivity contribution in [2.75, 3.05) is 11.5 Å². The van der Waals surface area contributed by atoms with E-state index < -0.39 is 0 Å². The monoisotopic (exact) mass is 195 g/mol. The van der Waals surface area contributed by atoms with Crippen LogP contribution in [0.2, 0.25) is 0 Å². The van der Waals surface area contributed by atoms with Gasteiger partial charge in [-0.2, -0.15) is 12.6 Å². The van der Waals surface area contributed by atoms with Gasteiger partial charge in [-0.05, 0) is 29.9 Å². The summed E-state index contributed by atoms with van der Waals surface area (Å²) in [5, 5.41) is 9.09. The van der Waals surface area contributed by atoms with Crippen LogP contribution in [0, 0.1) is 0 Å². The summed E-state index contributed by atoms with van der Waals surface area (Å²) in [5.74, 6) is 1.03. The number of benzene rings is 1. The van der Waals surface area contributed by atoms with Gasteiger partial charge in [0.1, 0.15) is 5.75 Å². The number of hydrogen-bond acceptors (Lipinski definition) is 3. The van der Waals surface area contributed by atoms with Gasteiger partial charge in [-0.1, -0.05) is 12.2 Å². The standard InChI is InChI=1S/C10H13NOS/c11-10-7-9(12)5-4-8(10)3-1-2-6-13/h1,3-5,7,12-13H,2,6,11H2. The summed E-state index contributed by atoms with van der Waals surface area (Å²) in [6.45, 7) is 0. The molecule has 1 aromatic carbocycles. The van der Waals surface area contributed by atoms with Crippen molar-refractivity contribution in [3.05, 3.63) is 29.8 Å². The highest BCUT2D eigenvalue weighted by Gasteiger charge is 1.95. The van der Waals surface area contributed by atoms with Gasteiger partial charge in [0.2, 0.25) is 0 Å². The van der Waals surface area contributed by atoms with Crippen LogP contribution in [0.25, 0.3) is 6.08 Å². The predicted octanol–water partition coefficient (Wildman–Crippen LogP) is 2.31. The lowest BCUT2D eigenvalue weighted by atomic mass is 10.1. The van der Waals surface area contributed by atoms with E-state index in [0.717, 1.165) is 17.7 Å². The number of anilines is 1. The Labute approximate surface area is 83.5 Å². The highest BCUT2D eigenvalue weighted by Crippen LogP contribution is 2.19. The van der Waals surface area contributed by atoms with Gasteiger partial charge in [0.05, 0.1) is 0 Å². The van der Waals surface area contributed by atoms with E-state index in [1.807, 2.05) is 12.2 Å². The highest BCUT2D eigenvalue weighted by atomic mass is 32.1. The van der Waals surface area contributed by atoms with E-state index in [2.05, 4.69) is 12.6 Å². The van der Waals surface area contributed by atoms with Gasteiger partial charge >= 0.3 is 0 Å². The summed E-state index contributed by atoms with van der Waals surface area (Å²) < 4.78 is 0. The summed E-state index contributed by atoms with van der Waals surface area (Å²) in [7, 11) is 0. The molecule has 1 rings (SSSR count). The van der Waals surface area contributed by atoms with Crippen molar-refractivity contribution >= 4 is 24.4 Å². The summed E-state index contributed by atoms with van der Waals surface area (Å²) in [5.41, 5.74) is 7.20. The average Bonchev–Trinajstić information content (AvgIpc) is 2.09. The van der Waals surface area contributed by atoms with Crippen molar-refractivity contribution in [3.63, 3.8) is 0 Å². The van der Waals surface area contributed by atoms with Gasteiger partial charge in [-0.3, -0.25) is 0 Å². The topological polar surface area (TPSA) is 46.2 Å². The zero-order valence-corrected chi connectivity index (χ0v) is 8.17. The van der Waals surface area contributed by atoms with Crippen LogP contribution in [0.3, 0.4) is 0 Å². The summed E-state index contributed by atoms with van der Waals surface area (Å²) in [4.78, 5) is 0. The van der Waals surface area contributed by atoms with Gasteiger partial charge in [-0.25, -0.2) is 0 Å². The van der Waals surface area contributed by atoms with Crippen LogP contribution in [0.15, 0.2) is 24.3 Å². The van der Waals surface area contributed by atoms with Crippen molar-refractivity contribution in [3.8, 4) is 5.75 Å². The van der Waals surface area contributed by atoms with Gasteiger partial charge in [-0.15, -0.1) is 0 Å². The molecule has 0 bridgehead atoms. The van der Waals surface area contributed by atoms with Gasteiger partial charge < -0.3 is 10.8 Å². The van der Waals surface area contributed by atoms with Crippen LogP contribution in [0.5, 0.6) is 5.75 Å². The molecule has 2 nitrogen and oxygen atoms in total. The second-order valence-corrected chi connectivity index (χ2v) is 3.18. The van der Waals surface area contributed by atoms with Crippen molar-refractivity contribution in [1.29, 1.82) is 0 Å². The molecule has 0 aliphatic heterocycles. The summed E-state index contributed by atoms with van der Waals surface area (Å²) >= 11 is 4.09. The molecule has 0 radical (unpaired) electrons. The first-order valence-corrected chi connectivity index (χ1v) is 4.73. The molecule has 0 amide bonds. The summed E-state index contributed by atoms with van der Waals surface area (Å²) in [6, 6.07) is 4.96. The molecule has 0 saturated carbocycles. The fourth-order valence-corrected chi connectivity index (χ4v) is 1.15. The lowest BCUT2D eigenvalue weighted by Crippen LogP contribution is -1.87. The number of rotatable bonds is 3. The van der Waals surface area contributed by atoms with Crippen molar-refractivity contribution in [1.82, 2.24) is 0 Å². The van der Waals surface area contributed by atoms with E-state index in [1.165, 1.54) is 0 Å². The fourth-order valence-electron chi connectivity index (χ4n) is 0.999. The molecular formula is C10H13NOS. The number of allylic oxidation sites excluding steroid dienone is 1. The molecule has 3 N–H and O–H groups in total. The van der Waals surface area contributed by atoms with Crippen LogP contribution in [0.1, 0.15) is 12.0 Å². The first-order chi connectivity index (χ1) is 6.24. The SMILES string of the molecule is Nc1cc(O)ccc1C=CCCS. The van der Waals surface area contributed by atoms with Crippen molar-refractivity contribution in [2.45, 2.75) is 6.42 Å². The molecule has 0 aliphatic carbocycles. The third kappa shape index (κ3) is 3.03. The molecule has 0 heterocycles. The van der Waals surface area contributed by atoms with Crippen molar-refractivity contribution in [2.24, 2.45) is 0 Å². The van der Waals surface area contributed by atoms with E-state index in [0.29, 0.717) is 5.69 Å². The Balaban J connectivity index is 2.77. The third-order valence-electron chi connectivity index (χ3n) is 1.66. The first-order valence-electron chi connectivity index (χ1n) is 4.10. The second kappa shape index (κ2) is 4.82. The molecule has 0 spiro atoms. The number of nitrogens with two attached hydrogens (primary N) is 1.